The van der Waals surface area contributed by atoms with E-state index in [1.165, 1.54) is 7.11 Å². The molecule has 3 N–H and O–H groups in total. The fraction of sp³-hybridized carbons (Fsp3) is 0.857. The van der Waals surface area contributed by atoms with Gasteiger partial charge in [0.2, 0.25) is 0 Å². The fourth-order valence-electron chi connectivity index (χ4n) is 1.26. The summed E-state index contributed by atoms with van der Waals surface area (Å²) in [4.78, 5) is 10.7. The van der Waals surface area contributed by atoms with E-state index in [-0.39, 0.29) is 17.9 Å². The van der Waals surface area contributed by atoms with Crippen LogP contribution in [0, 0.1) is 5.92 Å². The third kappa shape index (κ3) is 1.70. The van der Waals surface area contributed by atoms with Crippen molar-refractivity contribution in [3.05, 3.63) is 0 Å². The van der Waals surface area contributed by atoms with Gasteiger partial charge in [0.05, 0.1) is 13.2 Å². The van der Waals surface area contributed by atoms with E-state index in [1.54, 1.807) is 0 Å². The lowest BCUT2D eigenvalue weighted by Gasteiger charge is -2.38. The normalized spacial score (nSPS) is 36.1. The van der Waals surface area contributed by atoms with Gasteiger partial charge in [-0.15, -0.1) is 0 Å². The second-order valence-electron chi connectivity index (χ2n) is 2.92. The van der Waals surface area contributed by atoms with Crippen LogP contribution in [0.15, 0.2) is 0 Å². The maximum Gasteiger partial charge on any atom is 0.305 e. The zero-order chi connectivity index (χ0) is 8.43. The van der Waals surface area contributed by atoms with Crippen LogP contribution in [-0.4, -0.2) is 30.3 Å². The molecule has 1 aliphatic carbocycles. The number of ether oxygens (including phenoxy) is 1. The maximum atomic E-state index is 10.7. The Balaban J connectivity index is 2.25. The lowest BCUT2D eigenvalue weighted by Crippen LogP contribution is -2.53. The van der Waals surface area contributed by atoms with E-state index in [4.69, 9.17) is 10.8 Å². The van der Waals surface area contributed by atoms with Gasteiger partial charge >= 0.3 is 5.97 Å². The minimum Gasteiger partial charge on any atom is -0.469 e. The van der Waals surface area contributed by atoms with Gasteiger partial charge in [-0.05, 0) is 12.3 Å². The highest BCUT2D eigenvalue weighted by atomic mass is 16.5. The Labute approximate surface area is 65.3 Å². The van der Waals surface area contributed by atoms with Gasteiger partial charge < -0.3 is 15.6 Å². The number of aliphatic hydroxyl groups excluding tert-OH is 1. The summed E-state index contributed by atoms with van der Waals surface area (Å²) in [5, 5.41) is 9.00. The molecule has 0 amide bonds. The minimum atomic E-state index is -0.426. The van der Waals surface area contributed by atoms with Crippen LogP contribution >= 0.6 is 0 Å². The SMILES string of the molecule is COC(=O)CC1CC(O)C1N. The van der Waals surface area contributed by atoms with Crippen molar-refractivity contribution in [3.63, 3.8) is 0 Å². The number of methoxy groups -OCH3 is 1. The number of aliphatic hydroxyl groups is 1. The molecular weight excluding hydrogens is 146 g/mol. The molecule has 0 aromatic heterocycles. The number of nitrogens with two attached hydrogens (primary N) is 1. The fourth-order valence-corrected chi connectivity index (χ4v) is 1.26. The van der Waals surface area contributed by atoms with Gasteiger partial charge in [0.15, 0.2) is 0 Å². The zero-order valence-corrected chi connectivity index (χ0v) is 6.49. The zero-order valence-electron chi connectivity index (χ0n) is 6.49. The molecule has 4 nitrogen and oxygen atoms in total. The predicted molar refractivity (Wildman–Crippen MR) is 38.7 cm³/mol. The lowest BCUT2D eigenvalue weighted by atomic mass is 9.75. The van der Waals surface area contributed by atoms with Crippen molar-refractivity contribution in [1.82, 2.24) is 0 Å². The topological polar surface area (TPSA) is 72.5 Å². The molecule has 1 rings (SSSR count). The Morgan fingerprint density at radius 1 is 1.82 bits per heavy atom. The van der Waals surface area contributed by atoms with Crippen LogP contribution in [0.25, 0.3) is 0 Å². The summed E-state index contributed by atoms with van der Waals surface area (Å²) < 4.78 is 4.46. The highest BCUT2D eigenvalue weighted by molar-refractivity contribution is 5.69. The van der Waals surface area contributed by atoms with Crippen molar-refractivity contribution >= 4 is 5.97 Å². The second-order valence-corrected chi connectivity index (χ2v) is 2.92. The molecule has 3 unspecified atom stereocenters. The molecule has 1 aliphatic rings. The van der Waals surface area contributed by atoms with Gasteiger partial charge in [0, 0.05) is 12.5 Å². The predicted octanol–water partition coefficient (Wildman–Crippen LogP) is -0.742. The molecule has 0 spiro atoms. The summed E-state index contributed by atoms with van der Waals surface area (Å²) in [5.74, 6) is -0.144. The van der Waals surface area contributed by atoms with Gasteiger partial charge in [-0.3, -0.25) is 4.79 Å². The number of rotatable bonds is 2. The molecule has 4 heteroatoms. The smallest absolute Gasteiger partial charge is 0.305 e. The molecule has 1 fully saturated rings. The van der Waals surface area contributed by atoms with Crippen LogP contribution in [0.3, 0.4) is 0 Å². The largest absolute Gasteiger partial charge is 0.469 e. The average molecular weight is 159 g/mol. The van der Waals surface area contributed by atoms with Crippen LogP contribution in [-0.2, 0) is 9.53 Å². The van der Waals surface area contributed by atoms with Crippen molar-refractivity contribution in [2.24, 2.45) is 11.7 Å². The first-order chi connectivity index (χ1) is 5.15. The molecule has 0 aromatic carbocycles. The molecule has 64 valence electrons. The van der Waals surface area contributed by atoms with E-state index in [0.29, 0.717) is 12.8 Å². The Hall–Kier alpha value is -0.610. The molecule has 0 radical (unpaired) electrons. The summed E-state index contributed by atoms with van der Waals surface area (Å²) in [7, 11) is 1.35. The summed E-state index contributed by atoms with van der Waals surface area (Å²) >= 11 is 0. The summed E-state index contributed by atoms with van der Waals surface area (Å²) in [6, 6.07) is -0.242. The lowest BCUT2D eigenvalue weighted by molar-refractivity contribution is -0.143. The number of carbonyl (C=O) groups excluding carboxylic acids is 1. The van der Waals surface area contributed by atoms with Crippen molar-refractivity contribution in [2.75, 3.05) is 7.11 Å². The molecule has 3 atom stereocenters. The van der Waals surface area contributed by atoms with Gasteiger partial charge in [-0.25, -0.2) is 0 Å². The molecule has 0 aromatic rings. The van der Waals surface area contributed by atoms with E-state index in [2.05, 4.69) is 4.74 Å². The Morgan fingerprint density at radius 3 is 2.82 bits per heavy atom. The molecule has 0 aliphatic heterocycles. The standard InChI is InChI=1S/C7H13NO3/c1-11-6(10)3-4-2-5(9)7(4)8/h4-5,7,9H,2-3,8H2,1H3. The first-order valence-corrected chi connectivity index (χ1v) is 3.65. The first kappa shape index (κ1) is 8.49. The Kier molecular flexibility index (Phi) is 2.46. The highest BCUT2D eigenvalue weighted by Gasteiger charge is 2.38. The molecule has 0 saturated heterocycles. The van der Waals surface area contributed by atoms with Gasteiger partial charge in [-0.1, -0.05) is 0 Å². The number of hydrogen-bond acceptors (Lipinski definition) is 4. The van der Waals surface area contributed by atoms with Crippen molar-refractivity contribution in [1.29, 1.82) is 0 Å². The van der Waals surface area contributed by atoms with E-state index in [9.17, 15) is 4.79 Å². The molecule has 0 heterocycles. The van der Waals surface area contributed by atoms with Crippen molar-refractivity contribution in [2.45, 2.75) is 25.0 Å². The third-order valence-corrected chi connectivity index (χ3v) is 2.19. The van der Waals surface area contributed by atoms with Crippen LogP contribution in [0.2, 0.25) is 0 Å². The second kappa shape index (κ2) is 3.19. The van der Waals surface area contributed by atoms with E-state index >= 15 is 0 Å². The summed E-state index contributed by atoms with van der Waals surface area (Å²) in [6.45, 7) is 0. The van der Waals surface area contributed by atoms with Crippen LogP contribution in [0.1, 0.15) is 12.8 Å². The first-order valence-electron chi connectivity index (χ1n) is 3.65. The summed E-state index contributed by atoms with van der Waals surface area (Å²) in [5.41, 5.74) is 5.51. The summed E-state index contributed by atoms with van der Waals surface area (Å²) in [6.07, 6.45) is 0.523. The number of hydrogen-bond donors (Lipinski definition) is 2. The molecular formula is C7H13NO3. The molecule has 1 saturated carbocycles. The Morgan fingerprint density at radius 2 is 2.45 bits per heavy atom. The molecule has 11 heavy (non-hydrogen) atoms. The monoisotopic (exact) mass is 159 g/mol. The van der Waals surface area contributed by atoms with Gasteiger partial charge in [0.25, 0.3) is 0 Å². The average Bonchev–Trinajstić information content (AvgIpc) is 2.03. The van der Waals surface area contributed by atoms with E-state index < -0.39 is 6.10 Å². The van der Waals surface area contributed by atoms with Crippen molar-refractivity contribution < 1.29 is 14.6 Å². The molecule has 0 bridgehead atoms. The maximum absolute atomic E-state index is 10.7. The van der Waals surface area contributed by atoms with E-state index in [0.717, 1.165) is 0 Å². The minimum absolute atomic E-state index is 0.109. The van der Waals surface area contributed by atoms with E-state index in [1.807, 2.05) is 0 Å². The van der Waals surface area contributed by atoms with Gasteiger partial charge in [-0.2, -0.15) is 0 Å². The number of esters is 1. The third-order valence-electron chi connectivity index (χ3n) is 2.19. The highest BCUT2D eigenvalue weighted by Crippen LogP contribution is 2.29. The Bertz CT molecular complexity index is 160. The van der Waals surface area contributed by atoms with Crippen LogP contribution in [0.4, 0.5) is 0 Å². The van der Waals surface area contributed by atoms with Crippen molar-refractivity contribution in [3.8, 4) is 0 Å². The van der Waals surface area contributed by atoms with Crippen LogP contribution in [0.5, 0.6) is 0 Å². The quantitative estimate of drug-likeness (QED) is 0.520. The van der Waals surface area contributed by atoms with Gasteiger partial charge in [0.1, 0.15) is 0 Å². The number of carbonyl (C=O) groups is 1. The van der Waals surface area contributed by atoms with Crippen LogP contribution < -0.4 is 5.73 Å².